The van der Waals surface area contributed by atoms with Gasteiger partial charge in [0, 0.05) is 30.1 Å². The Balaban J connectivity index is 1.57. The summed E-state index contributed by atoms with van der Waals surface area (Å²) in [5.74, 6) is -1.82. The van der Waals surface area contributed by atoms with Crippen molar-refractivity contribution >= 4 is 11.7 Å². The lowest BCUT2D eigenvalue weighted by atomic mass is 9.95. The molecule has 126 valence electrons. The zero-order valence-corrected chi connectivity index (χ0v) is 12.8. The van der Waals surface area contributed by atoms with Gasteiger partial charge in [-0.2, -0.15) is 0 Å². The highest BCUT2D eigenvalue weighted by Crippen LogP contribution is 2.19. The van der Waals surface area contributed by atoms with Gasteiger partial charge < -0.3 is 15.4 Å². The quantitative estimate of drug-likeness (QED) is 0.904. The summed E-state index contributed by atoms with van der Waals surface area (Å²) in [5, 5.41) is 5.32. The highest BCUT2D eigenvalue weighted by Gasteiger charge is 2.29. The molecule has 0 bridgehead atoms. The fraction of sp³-hybridized carbons (Fsp3) is 0.294. The number of ether oxygens (including phenoxy) is 1. The number of amides is 2. The summed E-state index contributed by atoms with van der Waals surface area (Å²) in [6, 6.07) is 6.44. The minimum atomic E-state index is -1.01. The second kappa shape index (κ2) is 7.35. The first kappa shape index (κ1) is 16.3. The zero-order chi connectivity index (χ0) is 16.9. The van der Waals surface area contributed by atoms with Gasteiger partial charge in [-0.3, -0.25) is 4.98 Å². The fourth-order valence-corrected chi connectivity index (χ4v) is 2.69. The molecule has 2 aromatic rings. The summed E-state index contributed by atoms with van der Waals surface area (Å²) < 4.78 is 31.5. The maximum Gasteiger partial charge on any atom is 0.319 e. The summed E-state index contributed by atoms with van der Waals surface area (Å²) in [6.07, 6.45) is 4.21. The van der Waals surface area contributed by atoms with E-state index in [1.54, 1.807) is 12.4 Å². The molecular formula is C17H17F2N3O2. The van der Waals surface area contributed by atoms with Crippen molar-refractivity contribution in [2.45, 2.75) is 12.5 Å². The normalized spacial score (nSPS) is 19.9. The van der Waals surface area contributed by atoms with Crippen LogP contribution in [0.3, 0.4) is 0 Å². The van der Waals surface area contributed by atoms with Gasteiger partial charge in [0.25, 0.3) is 0 Å². The van der Waals surface area contributed by atoms with Crippen molar-refractivity contribution in [2.24, 2.45) is 5.92 Å². The van der Waals surface area contributed by atoms with E-state index in [9.17, 15) is 13.6 Å². The molecule has 2 heterocycles. The molecule has 0 spiro atoms. The molecule has 1 aromatic carbocycles. The molecule has 7 heteroatoms. The van der Waals surface area contributed by atoms with Gasteiger partial charge in [-0.15, -0.1) is 0 Å². The monoisotopic (exact) mass is 333 g/mol. The Morgan fingerprint density at radius 1 is 1.17 bits per heavy atom. The SMILES string of the molecule is O=C(Nc1ccc(F)c(F)c1)N[C@@H]1COC[C@H]1Cc1ccncc1. The van der Waals surface area contributed by atoms with E-state index < -0.39 is 17.7 Å². The Hall–Kier alpha value is -2.54. The molecule has 0 unspecified atom stereocenters. The first-order chi connectivity index (χ1) is 11.6. The predicted molar refractivity (Wildman–Crippen MR) is 84.6 cm³/mol. The van der Waals surface area contributed by atoms with Gasteiger partial charge in [-0.25, -0.2) is 13.6 Å². The van der Waals surface area contributed by atoms with Crippen molar-refractivity contribution in [3.63, 3.8) is 0 Å². The second-order valence-corrected chi connectivity index (χ2v) is 5.69. The lowest BCUT2D eigenvalue weighted by Gasteiger charge is -2.19. The number of rotatable bonds is 4. The number of nitrogens with one attached hydrogen (secondary N) is 2. The summed E-state index contributed by atoms with van der Waals surface area (Å²) in [7, 11) is 0. The van der Waals surface area contributed by atoms with Crippen LogP contribution in [0, 0.1) is 17.6 Å². The van der Waals surface area contributed by atoms with Crippen molar-refractivity contribution in [2.75, 3.05) is 18.5 Å². The van der Waals surface area contributed by atoms with Gasteiger partial charge in [0.15, 0.2) is 11.6 Å². The van der Waals surface area contributed by atoms with E-state index in [-0.39, 0.29) is 17.6 Å². The fourth-order valence-electron chi connectivity index (χ4n) is 2.69. The van der Waals surface area contributed by atoms with Crippen molar-refractivity contribution in [3.05, 3.63) is 59.9 Å². The predicted octanol–water partition coefficient (Wildman–Crippen LogP) is 2.74. The molecule has 24 heavy (non-hydrogen) atoms. The van der Waals surface area contributed by atoms with Crippen molar-refractivity contribution in [3.8, 4) is 0 Å². The lowest BCUT2D eigenvalue weighted by Crippen LogP contribution is -2.42. The molecular weight excluding hydrogens is 316 g/mol. The Morgan fingerprint density at radius 3 is 2.71 bits per heavy atom. The van der Waals surface area contributed by atoms with Crippen LogP contribution >= 0.6 is 0 Å². The molecule has 2 amide bonds. The third-order valence-corrected chi connectivity index (χ3v) is 3.94. The second-order valence-electron chi connectivity index (χ2n) is 5.69. The smallest absolute Gasteiger partial charge is 0.319 e. The first-order valence-corrected chi connectivity index (χ1v) is 7.61. The van der Waals surface area contributed by atoms with Gasteiger partial charge in [0.1, 0.15) is 0 Å². The summed E-state index contributed by atoms with van der Waals surface area (Å²) in [4.78, 5) is 16.0. The van der Waals surface area contributed by atoms with Gasteiger partial charge in [0.05, 0.1) is 19.3 Å². The van der Waals surface area contributed by atoms with E-state index in [1.807, 2.05) is 12.1 Å². The topological polar surface area (TPSA) is 63.2 Å². The van der Waals surface area contributed by atoms with Crippen LogP contribution in [-0.4, -0.2) is 30.3 Å². The van der Waals surface area contributed by atoms with Gasteiger partial charge in [0.2, 0.25) is 0 Å². The molecule has 0 aliphatic carbocycles. The third kappa shape index (κ3) is 4.05. The van der Waals surface area contributed by atoms with E-state index in [2.05, 4.69) is 15.6 Å². The van der Waals surface area contributed by atoms with Crippen LogP contribution in [0.15, 0.2) is 42.7 Å². The molecule has 2 N–H and O–H groups in total. The average Bonchev–Trinajstić information content (AvgIpc) is 2.99. The number of benzene rings is 1. The molecule has 1 aliphatic heterocycles. The van der Waals surface area contributed by atoms with Crippen LogP contribution in [-0.2, 0) is 11.2 Å². The molecule has 1 saturated heterocycles. The first-order valence-electron chi connectivity index (χ1n) is 7.61. The Kier molecular flexibility index (Phi) is 5.00. The summed E-state index contributed by atoms with van der Waals surface area (Å²) >= 11 is 0. The van der Waals surface area contributed by atoms with Gasteiger partial charge in [-0.1, -0.05) is 0 Å². The van der Waals surface area contributed by atoms with E-state index in [0.29, 0.717) is 13.2 Å². The van der Waals surface area contributed by atoms with E-state index >= 15 is 0 Å². The number of hydrogen-bond donors (Lipinski definition) is 2. The molecule has 0 saturated carbocycles. The number of halogens is 2. The van der Waals surface area contributed by atoms with E-state index in [1.165, 1.54) is 6.07 Å². The molecule has 3 rings (SSSR count). The third-order valence-electron chi connectivity index (χ3n) is 3.94. The zero-order valence-electron chi connectivity index (χ0n) is 12.8. The number of carbonyl (C=O) groups is 1. The van der Waals surface area contributed by atoms with Gasteiger partial charge >= 0.3 is 6.03 Å². The van der Waals surface area contributed by atoms with Crippen molar-refractivity contribution < 1.29 is 18.3 Å². The van der Waals surface area contributed by atoms with Crippen LogP contribution in [0.4, 0.5) is 19.3 Å². The Morgan fingerprint density at radius 2 is 1.96 bits per heavy atom. The van der Waals surface area contributed by atoms with Crippen molar-refractivity contribution in [1.29, 1.82) is 0 Å². The highest BCUT2D eigenvalue weighted by molar-refractivity contribution is 5.89. The number of urea groups is 1. The number of hydrogen-bond acceptors (Lipinski definition) is 3. The van der Waals surface area contributed by atoms with Crippen LogP contribution in [0.2, 0.25) is 0 Å². The van der Waals surface area contributed by atoms with Crippen LogP contribution in [0.25, 0.3) is 0 Å². The largest absolute Gasteiger partial charge is 0.379 e. The lowest BCUT2D eigenvalue weighted by molar-refractivity contribution is 0.182. The minimum Gasteiger partial charge on any atom is -0.379 e. The maximum atomic E-state index is 13.2. The number of nitrogens with zero attached hydrogens (tertiary/aromatic N) is 1. The Bertz CT molecular complexity index is 712. The van der Waals surface area contributed by atoms with Gasteiger partial charge in [-0.05, 0) is 36.2 Å². The summed E-state index contributed by atoms with van der Waals surface area (Å²) in [5.41, 5.74) is 1.31. The molecule has 1 aliphatic rings. The van der Waals surface area contributed by atoms with Crippen LogP contribution in [0.1, 0.15) is 5.56 Å². The van der Waals surface area contributed by atoms with Crippen molar-refractivity contribution in [1.82, 2.24) is 10.3 Å². The standard InChI is InChI=1S/C17H17F2N3O2/c18-14-2-1-13(8-15(14)19)21-17(23)22-16-10-24-9-12(16)7-11-3-5-20-6-4-11/h1-6,8,12,16H,7,9-10H2,(H2,21,22,23)/t12-,16-/m1/s1. The van der Waals surface area contributed by atoms with Crippen LogP contribution in [0.5, 0.6) is 0 Å². The number of aromatic nitrogens is 1. The number of anilines is 1. The molecule has 1 fully saturated rings. The van der Waals surface area contributed by atoms with Crippen LogP contribution < -0.4 is 10.6 Å². The summed E-state index contributed by atoms with van der Waals surface area (Å²) in [6.45, 7) is 0.972. The van der Waals surface area contributed by atoms with E-state index in [0.717, 1.165) is 24.1 Å². The molecule has 0 radical (unpaired) electrons. The molecule has 5 nitrogen and oxygen atoms in total. The number of carbonyl (C=O) groups excluding carboxylic acids is 1. The maximum absolute atomic E-state index is 13.2. The average molecular weight is 333 g/mol. The highest BCUT2D eigenvalue weighted by atomic mass is 19.2. The molecule has 1 aromatic heterocycles. The number of pyridine rings is 1. The minimum absolute atomic E-state index is 0.142. The Labute approximate surface area is 138 Å². The molecule has 2 atom stereocenters. The van der Waals surface area contributed by atoms with E-state index in [4.69, 9.17) is 4.74 Å².